The van der Waals surface area contributed by atoms with Crippen LogP contribution in [0.2, 0.25) is 0 Å². The molecule has 4 aromatic rings. The lowest BCUT2D eigenvalue weighted by Crippen LogP contribution is -2.14. The minimum absolute atomic E-state index is 0.224. The van der Waals surface area contributed by atoms with Gasteiger partial charge in [-0.25, -0.2) is 4.79 Å². The number of hydrogen-bond acceptors (Lipinski definition) is 4. The van der Waals surface area contributed by atoms with Crippen LogP contribution in [0.5, 0.6) is 5.75 Å². The molecule has 2 N–H and O–H groups in total. The molecule has 0 saturated heterocycles. The standard InChI is InChI=1S/C32H33F3N2O3/c1-2-39-31(38)30-27(8-5-19-36)28-20-22(21-9-12-23(13-10-21)32(33,34)35)11-18-29(28)37(30)24-14-16-26(17-15-24)40-25-6-3-4-7-25/h9-18,20,25H,2-8,19,36H2,1H3. The van der Waals surface area contributed by atoms with Gasteiger partial charge in [0, 0.05) is 11.1 Å². The molecule has 0 bridgehead atoms. The highest BCUT2D eigenvalue weighted by molar-refractivity contribution is 6.01. The second-order valence-corrected chi connectivity index (χ2v) is 10.1. The number of carbonyl (C=O) groups is 1. The highest BCUT2D eigenvalue weighted by Gasteiger charge is 2.30. The van der Waals surface area contributed by atoms with Gasteiger partial charge in [-0.2, -0.15) is 13.2 Å². The lowest BCUT2D eigenvalue weighted by molar-refractivity contribution is -0.137. The molecule has 1 heterocycles. The van der Waals surface area contributed by atoms with Gasteiger partial charge in [-0.05, 0) is 117 Å². The Morgan fingerprint density at radius 1 is 0.975 bits per heavy atom. The van der Waals surface area contributed by atoms with Gasteiger partial charge < -0.3 is 19.8 Å². The third kappa shape index (κ3) is 5.72. The Morgan fingerprint density at radius 3 is 2.27 bits per heavy atom. The van der Waals surface area contributed by atoms with Gasteiger partial charge in [0.15, 0.2) is 0 Å². The summed E-state index contributed by atoms with van der Waals surface area (Å²) in [5.41, 5.74) is 9.38. The summed E-state index contributed by atoms with van der Waals surface area (Å²) in [7, 11) is 0. The van der Waals surface area contributed by atoms with E-state index in [4.69, 9.17) is 15.2 Å². The number of nitrogens with zero attached hydrogens (tertiary/aromatic N) is 1. The summed E-state index contributed by atoms with van der Waals surface area (Å²) in [4.78, 5) is 13.4. The van der Waals surface area contributed by atoms with Crippen molar-refractivity contribution in [1.29, 1.82) is 0 Å². The van der Waals surface area contributed by atoms with Crippen LogP contribution in [-0.2, 0) is 17.3 Å². The number of aromatic nitrogens is 1. The summed E-state index contributed by atoms with van der Waals surface area (Å²) in [6.07, 6.45) is 1.52. The molecule has 0 radical (unpaired) electrons. The molecule has 1 fully saturated rings. The maximum atomic E-state index is 13.4. The van der Waals surface area contributed by atoms with E-state index in [1.165, 1.54) is 25.0 Å². The molecular formula is C32H33F3N2O3. The van der Waals surface area contributed by atoms with Crippen LogP contribution in [0.15, 0.2) is 66.7 Å². The number of benzene rings is 3. The lowest BCUT2D eigenvalue weighted by atomic mass is 9.99. The number of halogens is 3. The van der Waals surface area contributed by atoms with Gasteiger partial charge in [0.2, 0.25) is 0 Å². The Hall–Kier alpha value is -3.78. The molecule has 1 aliphatic rings. The van der Waals surface area contributed by atoms with Crippen molar-refractivity contribution in [3.05, 3.63) is 83.6 Å². The summed E-state index contributed by atoms with van der Waals surface area (Å²) in [6, 6.07) is 18.5. The van der Waals surface area contributed by atoms with E-state index in [9.17, 15) is 18.0 Å². The minimum atomic E-state index is -4.40. The first-order valence-electron chi connectivity index (χ1n) is 13.8. The molecule has 0 amide bonds. The van der Waals surface area contributed by atoms with Gasteiger partial charge in [0.05, 0.1) is 23.8 Å². The van der Waals surface area contributed by atoms with Crippen molar-refractivity contribution in [2.75, 3.05) is 13.2 Å². The fraction of sp³-hybridized carbons (Fsp3) is 0.344. The van der Waals surface area contributed by atoms with E-state index in [-0.39, 0.29) is 12.7 Å². The highest BCUT2D eigenvalue weighted by atomic mass is 19.4. The van der Waals surface area contributed by atoms with Crippen LogP contribution in [-0.4, -0.2) is 29.8 Å². The zero-order chi connectivity index (χ0) is 28.3. The molecule has 8 heteroatoms. The number of alkyl halides is 3. The summed E-state index contributed by atoms with van der Waals surface area (Å²) in [5, 5.41) is 0.834. The van der Waals surface area contributed by atoms with E-state index in [1.54, 1.807) is 6.92 Å². The van der Waals surface area contributed by atoms with Crippen molar-refractivity contribution in [1.82, 2.24) is 4.57 Å². The molecule has 0 atom stereocenters. The molecular weight excluding hydrogens is 517 g/mol. The van der Waals surface area contributed by atoms with Crippen LogP contribution in [0.1, 0.15) is 60.6 Å². The van der Waals surface area contributed by atoms with Crippen LogP contribution in [0.4, 0.5) is 13.2 Å². The fourth-order valence-electron chi connectivity index (χ4n) is 5.47. The summed E-state index contributed by atoms with van der Waals surface area (Å²) in [5.74, 6) is 0.353. The van der Waals surface area contributed by atoms with Crippen molar-refractivity contribution < 1.29 is 27.4 Å². The summed E-state index contributed by atoms with van der Waals surface area (Å²) >= 11 is 0. The van der Waals surface area contributed by atoms with Gasteiger partial charge in [-0.15, -0.1) is 0 Å². The first-order valence-corrected chi connectivity index (χ1v) is 13.8. The number of nitrogens with two attached hydrogens (primary N) is 1. The van der Waals surface area contributed by atoms with Gasteiger partial charge in [0.1, 0.15) is 11.4 Å². The summed E-state index contributed by atoms with van der Waals surface area (Å²) in [6.45, 7) is 2.44. The monoisotopic (exact) mass is 550 g/mol. The van der Waals surface area contributed by atoms with Gasteiger partial charge in [0.25, 0.3) is 0 Å². The lowest BCUT2D eigenvalue weighted by Gasteiger charge is -2.15. The fourth-order valence-corrected chi connectivity index (χ4v) is 5.47. The number of esters is 1. The van der Waals surface area contributed by atoms with Crippen molar-refractivity contribution >= 4 is 16.9 Å². The van der Waals surface area contributed by atoms with Gasteiger partial charge in [-0.3, -0.25) is 0 Å². The smallest absolute Gasteiger partial charge is 0.416 e. The third-order valence-electron chi connectivity index (χ3n) is 7.42. The number of ether oxygens (including phenoxy) is 2. The average Bonchev–Trinajstić information content (AvgIpc) is 3.57. The molecule has 1 aromatic heterocycles. The van der Waals surface area contributed by atoms with Crippen molar-refractivity contribution in [2.24, 2.45) is 5.73 Å². The number of carbonyl (C=O) groups excluding carboxylic acids is 1. The zero-order valence-corrected chi connectivity index (χ0v) is 22.5. The summed E-state index contributed by atoms with van der Waals surface area (Å²) < 4.78 is 52.9. The molecule has 1 aliphatic carbocycles. The first-order chi connectivity index (χ1) is 19.3. The van der Waals surface area contributed by atoms with Crippen LogP contribution < -0.4 is 10.5 Å². The normalized spacial score (nSPS) is 14.1. The van der Waals surface area contributed by atoms with Crippen molar-refractivity contribution in [3.8, 4) is 22.6 Å². The molecule has 40 heavy (non-hydrogen) atoms. The van der Waals surface area contributed by atoms with E-state index in [1.807, 2.05) is 47.0 Å². The Bertz CT molecular complexity index is 1470. The predicted molar refractivity (Wildman–Crippen MR) is 150 cm³/mol. The third-order valence-corrected chi connectivity index (χ3v) is 7.42. The van der Waals surface area contributed by atoms with Crippen LogP contribution in [0.3, 0.4) is 0 Å². The Morgan fingerprint density at radius 2 is 1.65 bits per heavy atom. The quantitative estimate of drug-likeness (QED) is 0.217. The maximum Gasteiger partial charge on any atom is 0.416 e. The van der Waals surface area contributed by atoms with E-state index in [2.05, 4.69) is 0 Å². The Kier molecular flexibility index (Phi) is 8.17. The molecule has 5 nitrogen and oxygen atoms in total. The molecule has 1 saturated carbocycles. The van der Waals surface area contributed by atoms with Crippen LogP contribution in [0, 0.1) is 0 Å². The molecule has 210 valence electrons. The van der Waals surface area contributed by atoms with E-state index in [0.717, 1.165) is 58.4 Å². The van der Waals surface area contributed by atoms with E-state index in [0.29, 0.717) is 30.6 Å². The first kappa shape index (κ1) is 27.8. The SMILES string of the molecule is CCOC(=O)c1c(CCCN)c2cc(-c3ccc(C(F)(F)F)cc3)ccc2n1-c1ccc(OC2CCCC2)cc1. The second-order valence-electron chi connectivity index (χ2n) is 10.1. The second kappa shape index (κ2) is 11.8. The van der Waals surface area contributed by atoms with E-state index >= 15 is 0 Å². The minimum Gasteiger partial charge on any atom is -0.490 e. The van der Waals surface area contributed by atoms with Gasteiger partial charge in [-0.1, -0.05) is 18.2 Å². The largest absolute Gasteiger partial charge is 0.490 e. The van der Waals surface area contributed by atoms with Gasteiger partial charge >= 0.3 is 12.1 Å². The number of rotatable bonds is 9. The predicted octanol–water partition coefficient (Wildman–Crippen LogP) is 7.71. The Balaban J connectivity index is 1.62. The maximum absolute atomic E-state index is 13.4. The number of fused-ring (bicyclic) bond motifs is 1. The topological polar surface area (TPSA) is 66.5 Å². The van der Waals surface area contributed by atoms with Crippen LogP contribution >= 0.6 is 0 Å². The molecule has 3 aromatic carbocycles. The Labute approximate surface area is 231 Å². The zero-order valence-electron chi connectivity index (χ0n) is 22.5. The average molecular weight is 551 g/mol. The number of aryl methyl sites for hydroxylation is 1. The van der Waals surface area contributed by atoms with E-state index < -0.39 is 17.7 Å². The highest BCUT2D eigenvalue weighted by Crippen LogP contribution is 2.36. The number of hydrogen-bond donors (Lipinski definition) is 1. The molecule has 5 rings (SSSR count). The molecule has 0 spiro atoms. The van der Waals surface area contributed by atoms with Crippen LogP contribution in [0.25, 0.3) is 27.7 Å². The van der Waals surface area contributed by atoms with Crippen molar-refractivity contribution in [2.45, 2.75) is 57.7 Å². The molecule has 0 unspecified atom stereocenters. The van der Waals surface area contributed by atoms with Crippen molar-refractivity contribution in [3.63, 3.8) is 0 Å². The molecule has 0 aliphatic heterocycles.